The van der Waals surface area contributed by atoms with Gasteiger partial charge >= 0.3 is 6.03 Å². The average Bonchev–Trinajstić information content (AvgIpc) is 2.13. The summed E-state index contributed by atoms with van der Waals surface area (Å²) in [6.07, 6.45) is 1.52. The van der Waals surface area contributed by atoms with Gasteiger partial charge in [-0.05, 0) is 11.8 Å². The second-order valence-electron chi connectivity index (χ2n) is 4.87. The Morgan fingerprint density at radius 2 is 1.93 bits per heavy atom. The van der Waals surface area contributed by atoms with Gasteiger partial charge in [-0.25, -0.2) is 4.79 Å². The quantitative estimate of drug-likeness (QED) is 0.610. The predicted octanol–water partition coefficient (Wildman–Crippen LogP) is 1.49. The van der Waals surface area contributed by atoms with Crippen molar-refractivity contribution in [1.29, 1.82) is 0 Å². The van der Waals surface area contributed by atoms with Gasteiger partial charge in [0.2, 0.25) is 0 Å². The standard InChI is InChI=1S/C11H24N2O2/c1-5-6-7-12-10(15)13-8-9(14)11(2,3)4/h9,14H,5-8H2,1-4H3,(H2,12,13,15). The molecule has 0 bridgehead atoms. The monoisotopic (exact) mass is 216 g/mol. The Morgan fingerprint density at radius 1 is 1.33 bits per heavy atom. The zero-order valence-corrected chi connectivity index (χ0v) is 10.3. The zero-order valence-electron chi connectivity index (χ0n) is 10.3. The fourth-order valence-electron chi connectivity index (χ4n) is 0.937. The van der Waals surface area contributed by atoms with Gasteiger partial charge in [0.05, 0.1) is 6.10 Å². The Bertz CT molecular complexity index is 188. The summed E-state index contributed by atoms with van der Waals surface area (Å²) in [5.74, 6) is 0. The van der Waals surface area contributed by atoms with Crippen LogP contribution in [0.3, 0.4) is 0 Å². The topological polar surface area (TPSA) is 61.4 Å². The number of rotatable bonds is 5. The lowest BCUT2D eigenvalue weighted by molar-refractivity contribution is 0.0650. The van der Waals surface area contributed by atoms with Crippen LogP contribution in [0.4, 0.5) is 4.79 Å². The van der Waals surface area contributed by atoms with Crippen molar-refractivity contribution < 1.29 is 9.90 Å². The Hall–Kier alpha value is -0.770. The van der Waals surface area contributed by atoms with E-state index in [9.17, 15) is 9.90 Å². The molecule has 0 saturated heterocycles. The minimum Gasteiger partial charge on any atom is -0.391 e. The molecule has 0 aromatic heterocycles. The summed E-state index contributed by atoms with van der Waals surface area (Å²) in [4.78, 5) is 11.2. The first kappa shape index (κ1) is 14.2. The van der Waals surface area contributed by atoms with E-state index in [1.165, 1.54) is 0 Å². The Morgan fingerprint density at radius 3 is 2.40 bits per heavy atom. The summed E-state index contributed by atoms with van der Waals surface area (Å²) in [7, 11) is 0. The summed E-state index contributed by atoms with van der Waals surface area (Å²) < 4.78 is 0. The third kappa shape index (κ3) is 7.19. The van der Waals surface area contributed by atoms with E-state index in [0.717, 1.165) is 12.8 Å². The summed E-state index contributed by atoms with van der Waals surface area (Å²) in [5.41, 5.74) is -0.198. The van der Waals surface area contributed by atoms with E-state index >= 15 is 0 Å². The van der Waals surface area contributed by atoms with Crippen LogP contribution in [0.1, 0.15) is 40.5 Å². The van der Waals surface area contributed by atoms with Crippen LogP contribution in [0.5, 0.6) is 0 Å². The highest BCUT2D eigenvalue weighted by Crippen LogP contribution is 2.17. The van der Waals surface area contributed by atoms with E-state index < -0.39 is 6.10 Å². The largest absolute Gasteiger partial charge is 0.391 e. The van der Waals surface area contributed by atoms with Crippen molar-refractivity contribution in [2.24, 2.45) is 5.41 Å². The lowest BCUT2D eigenvalue weighted by Crippen LogP contribution is -2.43. The number of aliphatic hydroxyl groups excluding tert-OH is 1. The van der Waals surface area contributed by atoms with Gasteiger partial charge in [-0.2, -0.15) is 0 Å². The fourth-order valence-corrected chi connectivity index (χ4v) is 0.937. The van der Waals surface area contributed by atoms with Crippen LogP contribution >= 0.6 is 0 Å². The normalized spacial score (nSPS) is 13.4. The maximum atomic E-state index is 11.2. The molecule has 0 spiro atoms. The SMILES string of the molecule is CCCCNC(=O)NCC(O)C(C)(C)C. The van der Waals surface area contributed by atoms with Crippen LogP contribution < -0.4 is 10.6 Å². The number of aliphatic hydroxyl groups is 1. The molecule has 0 aliphatic rings. The van der Waals surface area contributed by atoms with Crippen molar-refractivity contribution in [1.82, 2.24) is 10.6 Å². The maximum absolute atomic E-state index is 11.2. The summed E-state index contributed by atoms with van der Waals surface area (Å²) in [5, 5.41) is 15.0. The van der Waals surface area contributed by atoms with Crippen molar-refractivity contribution >= 4 is 6.03 Å². The Balaban J connectivity index is 3.62. The molecule has 0 radical (unpaired) electrons. The van der Waals surface area contributed by atoms with Crippen molar-refractivity contribution in [3.8, 4) is 0 Å². The highest BCUT2D eigenvalue weighted by Gasteiger charge is 2.22. The number of nitrogens with one attached hydrogen (secondary N) is 2. The molecule has 0 aliphatic heterocycles. The van der Waals surface area contributed by atoms with Gasteiger partial charge in [0.1, 0.15) is 0 Å². The number of urea groups is 1. The van der Waals surface area contributed by atoms with E-state index in [1.807, 2.05) is 20.8 Å². The Labute approximate surface area is 92.4 Å². The molecule has 0 aromatic carbocycles. The maximum Gasteiger partial charge on any atom is 0.314 e. The molecule has 0 heterocycles. The molecule has 0 aliphatic carbocycles. The number of hydrogen-bond donors (Lipinski definition) is 3. The smallest absolute Gasteiger partial charge is 0.314 e. The number of hydrogen-bond acceptors (Lipinski definition) is 2. The predicted molar refractivity (Wildman–Crippen MR) is 61.8 cm³/mol. The highest BCUT2D eigenvalue weighted by molar-refractivity contribution is 5.73. The van der Waals surface area contributed by atoms with E-state index in [0.29, 0.717) is 13.1 Å². The zero-order chi connectivity index (χ0) is 11.9. The van der Waals surface area contributed by atoms with Gasteiger partial charge in [-0.15, -0.1) is 0 Å². The van der Waals surface area contributed by atoms with Crippen LogP contribution in [-0.2, 0) is 0 Å². The van der Waals surface area contributed by atoms with E-state index in [1.54, 1.807) is 0 Å². The van der Waals surface area contributed by atoms with Crippen molar-refractivity contribution in [2.45, 2.75) is 46.6 Å². The molecular weight excluding hydrogens is 192 g/mol. The third-order valence-corrected chi connectivity index (χ3v) is 2.27. The highest BCUT2D eigenvalue weighted by atomic mass is 16.3. The lowest BCUT2D eigenvalue weighted by atomic mass is 9.89. The second-order valence-corrected chi connectivity index (χ2v) is 4.87. The molecule has 0 aromatic rings. The van der Waals surface area contributed by atoms with Gasteiger partial charge in [-0.1, -0.05) is 34.1 Å². The molecule has 2 amide bonds. The minimum atomic E-state index is -0.519. The number of unbranched alkanes of at least 4 members (excludes halogenated alkanes) is 1. The van der Waals surface area contributed by atoms with Gasteiger partial charge in [0, 0.05) is 13.1 Å². The average molecular weight is 216 g/mol. The van der Waals surface area contributed by atoms with E-state index in [-0.39, 0.29) is 11.4 Å². The number of carbonyl (C=O) groups is 1. The molecule has 0 saturated carbocycles. The van der Waals surface area contributed by atoms with Gasteiger partial charge in [0.15, 0.2) is 0 Å². The molecule has 1 atom stereocenters. The number of carbonyl (C=O) groups excluding carboxylic acids is 1. The van der Waals surface area contributed by atoms with Crippen molar-refractivity contribution in [3.63, 3.8) is 0 Å². The van der Waals surface area contributed by atoms with Crippen LogP contribution in [0.2, 0.25) is 0 Å². The molecule has 15 heavy (non-hydrogen) atoms. The van der Waals surface area contributed by atoms with Crippen LogP contribution in [0, 0.1) is 5.41 Å². The molecule has 1 unspecified atom stereocenters. The number of amides is 2. The third-order valence-electron chi connectivity index (χ3n) is 2.27. The molecule has 0 fully saturated rings. The van der Waals surface area contributed by atoms with Gasteiger partial charge in [-0.3, -0.25) is 0 Å². The summed E-state index contributed by atoms with van der Waals surface area (Å²) in [6, 6.07) is -0.202. The Kier molecular flexibility index (Phi) is 6.32. The van der Waals surface area contributed by atoms with Gasteiger partial charge in [0.25, 0.3) is 0 Å². The van der Waals surface area contributed by atoms with Crippen molar-refractivity contribution in [3.05, 3.63) is 0 Å². The summed E-state index contributed by atoms with van der Waals surface area (Å²) in [6.45, 7) is 8.87. The van der Waals surface area contributed by atoms with Crippen LogP contribution in [0.15, 0.2) is 0 Å². The van der Waals surface area contributed by atoms with E-state index in [4.69, 9.17) is 0 Å². The molecule has 0 rings (SSSR count). The fraction of sp³-hybridized carbons (Fsp3) is 0.909. The molecule has 3 N–H and O–H groups in total. The first-order valence-electron chi connectivity index (χ1n) is 5.57. The van der Waals surface area contributed by atoms with Crippen LogP contribution in [0.25, 0.3) is 0 Å². The minimum absolute atomic E-state index is 0.198. The molecular formula is C11H24N2O2. The van der Waals surface area contributed by atoms with E-state index in [2.05, 4.69) is 17.6 Å². The lowest BCUT2D eigenvalue weighted by Gasteiger charge is -2.25. The van der Waals surface area contributed by atoms with Crippen LogP contribution in [-0.4, -0.2) is 30.3 Å². The summed E-state index contributed by atoms with van der Waals surface area (Å²) >= 11 is 0. The molecule has 4 nitrogen and oxygen atoms in total. The first-order valence-corrected chi connectivity index (χ1v) is 5.57. The van der Waals surface area contributed by atoms with Gasteiger partial charge < -0.3 is 15.7 Å². The first-order chi connectivity index (χ1) is 6.88. The second kappa shape index (κ2) is 6.67. The molecule has 90 valence electrons. The molecule has 4 heteroatoms. The van der Waals surface area contributed by atoms with Crippen molar-refractivity contribution in [2.75, 3.05) is 13.1 Å².